The van der Waals surface area contributed by atoms with Crippen LogP contribution >= 0.6 is 0 Å². The van der Waals surface area contributed by atoms with Gasteiger partial charge in [0.25, 0.3) is 5.91 Å². The Morgan fingerprint density at radius 2 is 2.04 bits per heavy atom. The molecule has 0 spiro atoms. The summed E-state index contributed by atoms with van der Waals surface area (Å²) in [6.45, 7) is 7.10. The molecule has 0 bridgehead atoms. The fourth-order valence-corrected chi connectivity index (χ4v) is 4.07. The van der Waals surface area contributed by atoms with Crippen molar-refractivity contribution in [3.63, 3.8) is 0 Å². The molecule has 0 radical (unpaired) electrons. The predicted octanol–water partition coefficient (Wildman–Crippen LogP) is 1.31. The lowest BCUT2D eigenvalue weighted by Crippen LogP contribution is -2.47. The Morgan fingerprint density at radius 3 is 2.83 bits per heavy atom. The van der Waals surface area contributed by atoms with E-state index in [1.807, 2.05) is 4.90 Å². The summed E-state index contributed by atoms with van der Waals surface area (Å²) in [7, 11) is 0. The Hall–Kier alpha value is -1.66. The molecule has 130 valence electrons. The van der Waals surface area contributed by atoms with Gasteiger partial charge >= 0.3 is 0 Å². The normalized spacial score (nSPS) is 30.2. The van der Waals surface area contributed by atoms with Crippen LogP contribution in [0.15, 0.2) is 18.2 Å². The van der Waals surface area contributed by atoms with Gasteiger partial charge in [0.15, 0.2) is 6.10 Å². The van der Waals surface area contributed by atoms with E-state index in [9.17, 15) is 9.18 Å². The Labute approximate surface area is 141 Å². The summed E-state index contributed by atoms with van der Waals surface area (Å²) in [5, 5.41) is 0. The van der Waals surface area contributed by atoms with Crippen LogP contribution in [0.1, 0.15) is 12.5 Å². The minimum atomic E-state index is -0.516. The quantitative estimate of drug-likeness (QED) is 0.818. The summed E-state index contributed by atoms with van der Waals surface area (Å²) in [5.74, 6) is 0.807. The highest BCUT2D eigenvalue weighted by Crippen LogP contribution is 2.31. The van der Waals surface area contributed by atoms with Crippen molar-refractivity contribution in [3.8, 4) is 5.75 Å². The van der Waals surface area contributed by atoms with Crippen molar-refractivity contribution in [1.82, 2.24) is 9.80 Å². The monoisotopic (exact) mass is 334 g/mol. The van der Waals surface area contributed by atoms with Crippen molar-refractivity contribution in [2.75, 3.05) is 39.4 Å². The number of benzene rings is 1. The minimum Gasteiger partial charge on any atom is -0.480 e. The van der Waals surface area contributed by atoms with Crippen LogP contribution in [0, 0.1) is 11.7 Å². The molecule has 6 heteroatoms. The van der Waals surface area contributed by atoms with E-state index in [0.29, 0.717) is 24.1 Å². The third-order valence-corrected chi connectivity index (χ3v) is 5.37. The molecule has 0 saturated carbocycles. The van der Waals surface area contributed by atoms with E-state index in [-0.39, 0.29) is 11.7 Å². The number of hydrogen-bond donors (Lipinski definition) is 0. The summed E-state index contributed by atoms with van der Waals surface area (Å²) < 4.78 is 24.5. The van der Waals surface area contributed by atoms with Gasteiger partial charge in [-0.25, -0.2) is 4.39 Å². The van der Waals surface area contributed by atoms with E-state index in [1.54, 1.807) is 6.07 Å². The van der Waals surface area contributed by atoms with Gasteiger partial charge < -0.3 is 14.4 Å². The second-order valence-corrected chi connectivity index (χ2v) is 7.00. The number of ether oxygens (including phenoxy) is 2. The molecule has 0 N–H and O–H groups in total. The van der Waals surface area contributed by atoms with Crippen molar-refractivity contribution in [2.24, 2.45) is 5.92 Å². The van der Waals surface area contributed by atoms with Crippen LogP contribution in [0.25, 0.3) is 0 Å². The first-order valence-electron chi connectivity index (χ1n) is 8.67. The van der Waals surface area contributed by atoms with Crippen molar-refractivity contribution in [1.29, 1.82) is 0 Å². The molecule has 3 aliphatic rings. The molecule has 0 unspecified atom stereocenters. The van der Waals surface area contributed by atoms with Gasteiger partial charge in [-0.2, -0.15) is 0 Å². The van der Waals surface area contributed by atoms with Gasteiger partial charge in [-0.1, -0.05) is 6.92 Å². The molecule has 1 aromatic carbocycles. The molecule has 5 nitrogen and oxygen atoms in total. The lowest BCUT2D eigenvalue weighted by Gasteiger charge is -2.34. The number of nitrogens with zero attached hydrogens (tertiary/aromatic N) is 2. The van der Waals surface area contributed by atoms with E-state index in [2.05, 4.69) is 11.8 Å². The highest BCUT2D eigenvalue weighted by molar-refractivity contribution is 5.83. The average molecular weight is 334 g/mol. The number of likely N-dealkylation sites (tertiary alicyclic amines) is 1. The molecule has 2 saturated heterocycles. The molecule has 3 heterocycles. The number of halogens is 1. The molecular formula is C18H23FN2O3. The zero-order valence-corrected chi connectivity index (χ0v) is 13.9. The zero-order chi connectivity index (χ0) is 16.7. The van der Waals surface area contributed by atoms with Gasteiger partial charge in [0, 0.05) is 44.2 Å². The maximum atomic E-state index is 13.3. The van der Waals surface area contributed by atoms with Gasteiger partial charge in [-0.15, -0.1) is 0 Å². The van der Waals surface area contributed by atoms with Crippen LogP contribution in [0.4, 0.5) is 4.39 Å². The summed E-state index contributed by atoms with van der Waals surface area (Å²) in [4.78, 5) is 17.2. The van der Waals surface area contributed by atoms with Crippen LogP contribution in [0.5, 0.6) is 5.75 Å². The van der Waals surface area contributed by atoms with E-state index in [1.165, 1.54) is 12.1 Å². The fourth-order valence-electron chi connectivity index (χ4n) is 4.07. The van der Waals surface area contributed by atoms with Crippen LogP contribution < -0.4 is 4.74 Å². The Balaban J connectivity index is 1.41. The first kappa shape index (κ1) is 15.8. The highest BCUT2D eigenvalue weighted by atomic mass is 19.1. The van der Waals surface area contributed by atoms with Crippen molar-refractivity contribution < 1.29 is 18.7 Å². The van der Waals surface area contributed by atoms with Crippen LogP contribution in [-0.4, -0.2) is 67.2 Å². The number of rotatable bonds is 2. The Bertz CT molecular complexity index is 633. The molecule has 3 aliphatic heterocycles. The second-order valence-electron chi connectivity index (χ2n) is 7.00. The average Bonchev–Trinajstić information content (AvgIpc) is 3.18. The summed E-state index contributed by atoms with van der Waals surface area (Å²) in [6, 6.07) is 4.84. The predicted molar refractivity (Wildman–Crippen MR) is 86.4 cm³/mol. The van der Waals surface area contributed by atoms with E-state index >= 15 is 0 Å². The number of hydrogen-bond acceptors (Lipinski definition) is 4. The van der Waals surface area contributed by atoms with Gasteiger partial charge in [-0.05, 0) is 24.1 Å². The maximum absolute atomic E-state index is 13.3. The number of morpholine rings is 1. The van der Waals surface area contributed by atoms with Crippen LogP contribution in [0.3, 0.4) is 0 Å². The summed E-state index contributed by atoms with van der Waals surface area (Å²) >= 11 is 0. The van der Waals surface area contributed by atoms with Crippen LogP contribution in [0.2, 0.25) is 0 Å². The summed E-state index contributed by atoms with van der Waals surface area (Å²) in [5.41, 5.74) is 0.783. The third kappa shape index (κ3) is 2.89. The largest absolute Gasteiger partial charge is 0.480 e. The fraction of sp³-hybridized carbons (Fsp3) is 0.611. The van der Waals surface area contributed by atoms with Crippen molar-refractivity contribution >= 4 is 5.91 Å². The van der Waals surface area contributed by atoms with Crippen molar-refractivity contribution in [3.05, 3.63) is 29.6 Å². The number of amides is 1. The van der Waals surface area contributed by atoms with Gasteiger partial charge in [0.05, 0.1) is 13.2 Å². The molecule has 1 amide bonds. The zero-order valence-electron chi connectivity index (χ0n) is 13.9. The second kappa shape index (κ2) is 6.33. The van der Waals surface area contributed by atoms with E-state index < -0.39 is 6.10 Å². The Kier molecular flexibility index (Phi) is 4.18. The third-order valence-electron chi connectivity index (χ3n) is 5.37. The first-order chi connectivity index (χ1) is 11.6. The first-order valence-corrected chi connectivity index (χ1v) is 8.67. The SMILES string of the molecule is C[C@@H]1CN(C(=O)[C@@H]2Cc3cc(F)ccc3O2)C[C@H]1N1CCOCC1. The Morgan fingerprint density at radius 1 is 1.25 bits per heavy atom. The summed E-state index contributed by atoms with van der Waals surface area (Å²) in [6.07, 6.45) is -0.0589. The molecule has 0 aliphatic carbocycles. The number of fused-ring (bicyclic) bond motifs is 1. The van der Waals surface area contributed by atoms with E-state index in [4.69, 9.17) is 9.47 Å². The lowest BCUT2D eigenvalue weighted by atomic mass is 10.0. The maximum Gasteiger partial charge on any atom is 0.264 e. The smallest absolute Gasteiger partial charge is 0.264 e. The van der Waals surface area contributed by atoms with Crippen LogP contribution in [-0.2, 0) is 16.0 Å². The highest BCUT2D eigenvalue weighted by Gasteiger charge is 2.40. The van der Waals surface area contributed by atoms with Gasteiger partial charge in [-0.3, -0.25) is 9.69 Å². The molecule has 3 atom stereocenters. The minimum absolute atomic E-state index is 0.0224. The molecule has 4 rings (SSSR count). The molecule has 2 fully saturated rings. The molecule has 1 aromatic rings. The molecule has 0 aromatic heterocycles. The number of carbonyl (C=O) groups excluding carboxylic acids is 1. The lowest BCUT2D eigenvalue weighted by molar-refractivity contribution is -0.137. The molecular weight excluding hydrogens is 311 g/mol. The number of carbonyl (C=O) groups is 1. The van der Waals surface area contributed by atoms with Gasteiger partial charge in [0.1, 0.15) is 11.6 Å². The van der Waals surface area contributed by atoms with E-state index in [0.717, 1.165) is 45.0 Å². The molecule has 24 heavy (non-hydrogen) atoms. The van der Waals surface area contributed by atoms with Gasteiger partial charge in [0.2, 0.25) is 0 Å². The topological polar surface area (TPSA) is 42.0 Å². The standard InChI is InChI=1S/C18H23FN2O3/c1-12-10-21(11-15(12)20-4-6-23-7-5-20)18(22)17-9-13-8-14(19)2-3-16(13)24-17/h2-3,8,12,15,17H,4-7,9-11H2,1H3/t12-,15-,17+/m1/s1. The van der Waals surface area contributed by atoms with Crippen molar-refractivity contribution in [2.45, 2.75) is 25.5 Å².